The van der Waals surface area contributed by atoms with Gasteiger partial charge in [-0.15, -0.1) is 0 Å². The van der Waals surface area contributed by atoms with Crippen LogP contribution in [0.4, 0.5) is 0 Å². The van der Waals surface area contributed by atoms with Gasteiger partial charge in [-0.2, -0.15) is 0 Å². The average Bonchev–Trinajstić information content (AvgIpc) is 3.51. The van der Waals surface area contributed by atoms with Gasteiger partial charge in [0.15, 0.2) is 0 Å². The van der Waals surface area contributed by atoms with Crippen molar-refractivity contribution in [3.8, 4) is 11.6 Å². The Morgan fingerprint density at radius 2 is 2.03 bits per heavy atom. The van der Waals surface area contributed by atoms with E-state index in [1.54, 1.807) is 36.1 Å². The van der Waals surface area contributed by atoms with Crippen LogP contribution in [0.3, 0.4) is 0 Å². The quantitative estimate of drug-likeness (QED) is 0.360. The number of nitrogens with one attached hydrogen (secondary N) is 2. The van der Waals surface area contributed by atoms with Gasteiger partial charge in [0.25, 0.3) is 5.91 Å². The molecule has 0 saturated heterocycles. The van der Waals surface area contributed by atoms with Gasteiger partial charge in [0, 0.05) is 41.7 Å². The van der Waals surface area contributed by atoms with Crippen molar-refractivity contribution in [2.45, 2.75) is 43.7 Å². The molecule has 2 aliphatic rings. The third-order valence-corrected chi connectivity index (χ3v) is 7.88. The fourth-order valence-corrected chi connectivity index (χ4v) is 5.67. The monoisotopic (exact) mass is 506 g/mol. The van der Waals surface area contributed by atoms with Gasteiger partial charge < -0.3 is 20.1 Å². The minimum Gasteiger partial charge on any atom is -0.493 e. The maximum Gasteiger partial charge on any atom is 0.335 e. The molecule has 9 heteroatoms. The lowest BCUT2D eigenvalue weighted by Gasteiger charge is -2.24. The molecule has 3 heterocycles. The molecule has 1 fully saturated rings. The minimum absolute atomic E-state index is 0.0597. The smallest absolute Gasteiger partial charge is 0.335 e. The Hall–Kier alpha value is -3.49. The normalized spacial score (nSPS) is 18.2. The number of ether oxygens (including phenoxy) is 1. The Bertz CT molecular complexity index is 1530. The molecule has 1 aliphatic heterocycles. The van der Waals surface area contributed by atoms with Crippen molar-refractivity contribution in [1.82, 2.24) is 19.4 Å². The Kier molecular flexibility index (Phi) is 5.46. The number of nitrogens with zero attached hydrogens (tertiary/aromatic N) is 2. The van der Waals surface area contributed by atoms with Crippen LogP contribution in [0.1, 0.15) is 53.3 Å². The zero-order chi connectivity index (χ0) is 25.0. The minimum atomic E-state index is -0.487. The molecule has 0 unspecified atom stereocenters. The zero-order valence-corrected chi connectivity index (χ0v) is 20.6. The number of rotatable bonds is 6. The summed E-state index contributed by atoms with van der Waals surface area (Å²) < 4.78 is 8.28. The highest BCUT2D eigenvalue weighted by Crippen LogP contribution is 2.48. The maximum absolute atomic E-state index is 13.3. The number of benzene rings is 2. The van der Waals surface area contributed by atoms with Gasteiger partial charge in [0.2, 0.25) is 5.88 Å². The van der Waals surface area contributed by atoms with E-state index in [9.17, 15) is 14.7 Å². The Morgan fingerprint density at radius 1 is 1.25 bits per heavy atom. The summed E-state index contributed by atoms with van der Waals surface area (Å²) in [6, 6.07) is 12.5. The van der Waals surface area contributed by atoms with Gasteiger partial charge >= 0.3 is 5.69 Å². The first-order chi connectivity index (χ1) is 17.4. The second kappa shape index (κ2) is 8.57. The summed E-state index contributed by atoms with van der Waals surface area (Å²) >= 11 is 6.15. The van der Waals surface area contributed by atoms with E-state index in [2.05, 4.69) is 10.3 Å². The maximum atomic E-state index is 13.3. The Labute approximate surface area is 212 Å². The van der Waals surface area contributed by atoms with Gasteiger partial charge in [-0.25, -0.2) is 9.36 Å². The number of hydrogen-bond acceptors (Lipinski definition) is 4. The summed E-state index contributed by atoms with van der Waals surface area (Å²) in [5.41, 5.74) is 3.19. The first-order valence-electron chi connectivity index (χ1n) is 12.1. The molecule has 0 spiro atoms. The standard InChI is InChI=1S/C27H27ClN4O4/c1-36-15-27(10-11-27)17-5-7-18(8-6-17)32-25(34)23-21(3-2-12-31(23)26(32)35)30-24(33)16-4-9-19-20(28)14-29-22(19)13-16/h4-9,13-14,21,29,34H,2-3,10-12,15H2,1H3,(H,30,33)/t21-/m1/s1. The Morgan fingerprint density at radius 3 is 2.75 bits per heavy atom. The molecule has 0 bridgehead atoms. The third-order valence-electron chi connectivity index (χ3n) is 7.57. The van der Waals surface area contributed by atoms with Gasteiger partial charge in [0.05, 0.1) is 23.4 Å². The summed E-state index contributed by atoms with van der Waals surface area (Å²) in [6.07, 6.45) is 5.18. The predicted molar refractivity (Wildman–Crippen MR) is 137 cm³/mol. The molecule has 0 radical (unpaired) electrons. The van der Waals surface area contributed by atoms with Crippen LogP contribution in [0, 0.1) is 0 Å². The molecule has 4 aromatic rings. The molecule has 1 aliphatic carbocycles. The molecule has 1 atom stereocenters. The first-order valence-corrected chi connectivity index (χ1v) is 12.5. The van der Waals surface area contributed by atoms with E-state index < -0.39 is 6.04 Å². The second-order valence-corrected chi connectivity index (χ2v) is 10.2. The van der Waals surface area contributed by atoms with Crippen molar-refractivity contribution >= 4 is 28.4 Å². The van der Waals surface area contributed by atoms with Gasteiger partial charge in [-0.05, 0) is 55.5 Å². The van der Waals surface area contributed by atoms with Crippen molar-refractivity contribution in [1.29, 1.82) is 0 Å². The zero-order valence-electron chi connectivity index (χ0n) is 19.9. The molecule has 1 saturated carbocycles. The first kappa shape index (κ1) is 22.9. The number of carbonyl (C=O) groups is 1. The van der Waals surface area contributed by atoms with Crippen LogP contribution in [0.15, 0.2) is 53.5 Å². The number of aromatic amines is 1. The molecule has 36 heavy (non-hydrogen) atoms. The lowest BCUT2D eigenvalue weighted by atomic mass is 9.97. The number of halogens is 1. The molecule has 1 amide bonds. The van der Waals surface area contributed by atoms with E-state index in [4.69, 9.17) is 16.3 Å². The summed E-state index contributed by atoms with van der Waals surface area (Å²) in [7, 11) is 1.71. The molecule has 186 valence electrons. The summed E-state index contributed by atoms with van der Waals surface area (Å²) in [4.78, 5) is 29.4. The number of methoxy groups -OCH3 is 1. The topological polar surface area (TPSA) is 101 Å². The van der Waals surface area contributed by atoms with E-state index in [1.807, 2.05) is 24.3 Å². The molecular weight excluding hydrogens is 480 g/mol. The van der Waals surface area contributed by atoms with E-state index in [0.717, 1.165) is 23.7 Å². The number of H-pyrrole nitrogens is 1. The van der Waals surface area contributed by atoms with Crippen LogP contribution in [0.25, 0.3) is 16.6 Å². The SMILES string of the molecule is COCC1(c2ccc(-n3c(O)c4n(c3=O)CCC[C@H]4NC(=O)c3ccc4c(Cl)c[nH]c4c3)cc2)CC1. The number of aromatic nitrogens is 3. The molecule has 2 aromatic carbocycles. The van der Waals surface area contributed by atoms with Gasteiger partial charge in [-0.3, -0.25) is 9.36 Å². The lowest BCUT2D eigenvalue weighted by molar-refractivity contribution is 0.0928. The van der Waals surface area contributed by atoms with E-state index in [0.29, 0.717) is 48.0 Å². The number of carbonyl (C=O) groups excluding carboxylic acids is 1. The number of aromatic hydroxyl groups is 1. The van der Waals surface area contributed by atoms with E-state index in [1.165, 1.54) is 10.1 Å². The van der Waals surface area contributed by atoms with E-state index >= 15 is 0 Å². The predicted octanol–water partition coefficient (Wildman–Crippen LogP) is 4.42. The third kappa shape index (κ3) is 3.63. The number of amides is 1. The number of imidazole rings is 1. The molecule has 2 aromatic heterocycles. The average molecular weight is 507 g/mol. The Balaban J connectivity index is 1.30. The largest absolute Gasteiger partial charge is 0.493 e. The van der Waals surface area contributed by atoms with Crippen molar-refractivity contribution in [2.75, 3.05) is 13.7 Å². The van der Waals surface area contributed by atoms with E-state index in [-0.39, 0.29) is 22.9 Å². The van der Waals surface area contributed by atoms with Crippen LogP contribution in [0.2, 0.25) is 5.02 Å². The summed E-state index contributed by atoms with van der Waals surface area (Å²) in [5.74, 6) is -0.416. The van der Waals surface area contributed by atoms with Gasteiger partial charge in [-0.1, -0.05) is 29.8 Å². The fraction of sp³-hybridized carbons (Fsp3) is 0.333. The van der Waals surface area contributed by atoms with Crippen LogP contribution >= 0.6 is 11.6 Å². The second-order valence-electron chi connectivity index (χ2n) is 9.80. The molecular formula is C27H27ClN4O4. The van der Waals surface area contributed by atoms with Crippen LogP contribution in [-0.2, 0) is 16.7 Å². The van der Waals surface area contributed by atoms with Crippen molar-refractivity contribution in [2.24, 2.45) is 0 Å². The van der Waals surface area contributed by atoms with Crippen LogP contribution in [0.5, 0.6) is 5.88 Å². The van der Waals surface area contributed by atoms with Crippen molar-refractivity contribution < 1.29 is 14.6 Å². The fourth-order valence-electron chi connectivity index (χ4n) is 5.45. The molecule has 3 N–H and O–H groups in total. The number of hydrogen-bond donors (Lipinski definition) is 3. The highest BCUT2D eigenvalue weighted by molar-refractivity contribution is 6.35. The highest BCUT2D eigenvalue weighted by Gasteiger charge is 2.44. The summed E-state index contributed by atoms with van der Waals surface area (Å²) in [6.45, 7) is 1.16. The molecule has 6 rings (SSSR count). The summed E-state index contributed by atoms with van der Waals surface area (Å²) in [5, 5.41) is 15.6. The van der Waals surface area contributed by atoms with Gasteiger partial charge in [0.1, 0.15) is 5.69 Å². The number of fused-ring (bicyclic) bond motifs is 2. The molecule has 8 nitrogen and oxygen atoms in total. The lowest BCUT2D eigenvalue weighted by Crippen LogP contribution is -2.35. The van der Waals surface area contributed by atoms with Crippen LogP contribution < -0.4 is 11.0 Å². The van der Waals surface area contributed by atoms with Crippen molar-refractivity contribution in [3.63, 3.8) is 0 Å². The highest BCUT2D eigenvalue weighted by atomic mass is 35.5. The van der Waals surface area contributed by atoms with Crippen molar-refractivity contribution in [3.05, 3.63) is 81.0 Å². The van der Waals surface area contributed by atoms with Crippen LogP contribution in [-0.4, -0.2) is 38.8 Å².